The van der Waals surface area contributed by atoms with Crippen LogP contribution in [-0.2, 0) is 11.2 Å². The molecule has 0 atom stereocenters. The van der Waals surface area contributed by atoms with Crippen LogP contribution in [0.4, 0.5) is 0 Å². The summed E-state index contributed by atoms with van der Waals surface area (Å²) in [5, 5.41) is 0.977. The molecule has 13 heavy (non-hydrogen) atoms. The highest BCUT2D eigenvalue weighted by Gasteiger charge is 2.06. The van der Waals surface area contributed by atoms with Gasteiger partial charge in [0.15, 0.2) is 5.58 Å². The van der Waals surface area contributed by atoms with E-state index in [9.17, 15) is 4.79 Å². The van der Waals surface area contributed by atoms with Crippen molar-refractivity contribution in [1.82, 2.24) is 4.98 Å². The van der Waals surface area contributed by atoms with Gasteiger partial charge in [0, 0.05) is 23.6 Å². The summed E-state index contributed by atoms with van der Waals surface area (Å²) in [5.74, 6) is 0.138. The van der Waals surface area contributed by atoms with E-state index in [-0.39, 0.29) is 5.78 Å². The van der Waals surface area contributed by atoms with Crippen LogP contribution in [0.5, 0.6) is 0 Å². The number of nitrogens with zero attached hydrogens (tertiary/aromatic N) is 1. The zero-order valence-corrected chi connectivity index (χ0v) is 7.28. The summed E-state index contributed by atoms with van der Waals surface area (Å²) in [6.45, 7) is 1.57. The Kier molecular flexibility index (Phi) is 1.85. The third kappa shape index (κ3) is 1.45. The van der Waals surface area contributed by atoms with Crippen LogP contribution in [0.3, 0.4) is 0 Å². The lowest BCUT2D eigenvalue weighted by Gasteiger charge is -1.91. The second kappa shape index (κ2) is 3.01. The molecule has 0 amide bonds. The van der Waals surface area contributed by atoms with Crippen molar-refractivity contribution in [2.24, 2.45) is 0 Å². The Bertz CT molecular complexity index is 445. The van der Waals surface area contributed by atoms with E-state index < -0.39 is 0 Å². The van der Waals surface area contributed by atoms with E-state index in [1.54, 1.807) is 25.6 Å². The lowest BCUT2D eigenvalue weighted by Crippen LogP contribution is -1.94. The van der Waals surface area contributed by atoms with Crippen molar-refractivity contribution >= 4 is 16.8 Å². The fourth-order valence-corrected chi connectivity index (χ4v) is 1.34. The summed E-state index contributed by atoms with van der Waals surface area (Å²) < 4.78 is 5.24. The second-order valence-electron chi connectivity index (χ2n) is 3.01. The van der Waals surface area contributed by atoms with Crippen LogP contribution < -0.4 is 0 Å². The van der Waals surface area contributed by atoms with Crippen molar-refractivity contribution < 1.29 is 9.21 Å². The number of rotatable bonds is 2. The Morgan fingerprint density at radius 3 is 3.23 bits per heavy atom. The summed E-state index contributed by atoms with van der Waals surface area (Å²) in [4.78, 5) is 14.8. The minimum atomic E-state index is 0.138. The summed E-state index contributed by atoms with van der Waals surface area (Å²) >= 11 is 0. The quantitative estimate of drug-likeness (QED) is 0.700. The van der Waals surface area contributed by atoms with Gasteiger partial charge in [-0.15, -0.1) is 0 Å². The molecule has 3 nitrogen and oxygen atoms in total. The highest BCUT2D eigenvalue weighted by atomic mass is 16.3. The molecule has 0 radical (unpaired) electrons. The van der Waals surface area contributed by atoms with E-state index >= 15 is 0 Å². The Morgan fingerprint density at radius 2 is 2.46 bits per heavy atom. The molecule has 2 rings (SSSR count). The first kappa shape index (κ1) is 7.98. The molecule has 0 saturated heterocycles. The van der Waals surface area contributed by atoms with Crippen molar-refractivity contribution in [3.63, 3.8) is 0 Å². The molecule has 0 spiro atoms. The molecule has 0 bridgehead atoms. The minimum Gasteiger partial charge on any atom is -0.462 e. The van der Waals surface area contributed by atoms with E-state index in [0.717, 1.165) is 16.5 Å². The normalized spacial score (nSPS) is 10.5. The smallest absolute Gasteiger partial charge is 0.152 e. The van der Waals surface area contributed by atoms with E-state index in [2.05, 4.69) is 4.98 Å². The fourth-order valence-electron chi connectivity index (χ4n) is 1.34. The summed E-state index contributed by atoms with van der Waals surface area (Å²) in [5.41, 5.74) is 1.67. The van der Waals surface area contributed by atoms with Crippen LogP contribution in [0.2, 0.25) is 0 Å². The topological polar surface area (TPSA) is 43.1 Å². The van der Waals surface area contributed by atoms with Gasteiger partial charge in [-0.2, -0.15) is 0 Å². The molecular formula is C10H9NO2. The van der Waals surface area contributed by atoms with Crippen molar-refractivity contribution in [2.45, 2.75) is 13.3 Å². The molecule has 2 aromatic heterocycles. The number of pyridine rings is 1. The van der Waals surface area contributed by atoms with Gasteiger partial charge < -0.3 is 4.42 Å². The van der Waals surface area contributed by atoms with Gasteiger partial charge in [-0.05, 0) is 13.0 Å². The lowest BCUT2D eigenvalue weighted by atomic mass is 10.1. The maximum absolute atomic E-state index is 10.9. The van der Waals surface area contributed by atoms with Crippen molar-refractivity contribution in [2.75, 3.05) is 0 Å². The van der Waals surface area contributed by atoms with Crippen LogP contribution in [-0.4, -0.2) is 10.8 Å². The molecule has 0 aliphatic carbocycles. The van der Waals surface area contributed by atoms with Gasteiger partial charge in [0.05, 0.1) is 12.5 Å². The van der Waals surface area contributed by atoms with Crippen LogP contribution in [0.15, 0.2) is 29.1 Å². The van der Waals surface area contributed by atoms with Gasteiger partial charge in [-0.25, -0.2) is 0 Å². The molecule has 2 heterocycles. The van der Waals surface area contributed by atoms with Crippen LogP contribution in [0, 0.1) is 0 Å². The average molecular weight is 175 g/mol. The first-order valence-corrected chi connectivity index (χ1v) is 4.07. The second-order valence-corrected chi connectivity index (χ2v) is 3.01. The number of Topliss-reactive ketones (excluding diaryl/α,β-unsaturated/α-hetero) is 1. The molecule has 0 aliphatic rings. The third-order valence-electron chi connectivity index (χ3n) is 1.90. The summed E-state index contributed by atoms with van der Waals surface area (Å²) in [6, 6.07) is 1.86. The van der Waals surface area contributed by atoms with Crippen LogP contribution in [0.1, 0.15) is 12.5 Å². The van der Waals surface area contributed by atoms with Gasteiger partial charge in [0.2, 0.25) is 0 Å². The maximum atomic E-state index is 10.9. The minimum absolute atomic E-state index is 0.138. The highest BCUT2D eigenvalue weighted by Crippen LogP contribution is 2.19. The number of ketones is 1. The van der Waals surface area contributed by atoms with Gasteiger partial charge in [0.1, 0.15) is 5.78 Å². The number of aromatic nitrogens is 1. The van der Waals surface area contributed by atoms with Gasteiger partial charge in [-0.1, -0.05) is 0 Å². The Hall–Kier alpha value is -1.64. The van der Waals surface area contributed by atoms with E-state index in [1.165, 1.54) is 0 Å². The number of hydrogen-bond acceptors (Lipinski definition) is 3. The molecule has 0 aromatic carbocycles. The number of carbonyl (C=O) groups is 1. The van der Waals surface area contributed by atoms with Crippen molar-refractivity contribution in [1.29, 1.82) is 0 Å². The first-order valence-electron chi connectivity index (χ1n) is 4.07. The number of carbonyl (C=O) groups excluding carboxylic acids is 1. The Labute approximate surface area is 75.4 Å². The molecule has 0 saturated carbocycles. The molecule has 0 unspecified atom stereocenters. The number of hydrogen-bond donors (Lipinski definition) is 0. The van der Waals surface area contributed by atoms with Crippen molar-refractivity contribution in [3.8, 4) is 0 Å². The molecule has 0 aliphatic heterocycles. The van der Waals surface area contributed by atoms with E-state index in [1.807, 2.05) is 6.07 Å². The molecular weight excluding hydrogens is 166 g/mol. The summed E-state index contributed by atoms with van der Waals surface area (Å²) in [6.07, 6.45) is 5.39. The summed E-state index contributed by atoms with van der Waals surface area (Å²) in [7, 11) is 0. The largest absolute Gasteiger partial charge is 0.462 e. The standard InChI is InChI=1S/C10H9NO2/c1-7(12)4-8-6-13-10-5-11-3-2-9(8)10/h2-3,5-6H,4H2,1H3. The molecule has 0 fully saturated rings. The fraction of sp³-hybridized carbons (Fsp3) is 0.200. The van der Waals surface area contributed by atoms with Gasteiger partial charge in [-0.3, -0.25) is 9.78 Å². The molecule has 3 heteroatoms. The third-order valence-corrected chi connectivity index (χ3v) is 1.90. The van der Waals surface area contributed by atoms with Crippen LogP contribution >= 0.6 is 0 Å². The zero-order chi connectivity index (χ0) is 9.26. The Balaban J connectivity index is 2.51. The van der Waals surface area contributed by atoms with Gasteiger partial charge in [0.25, 0.3) is 0 Å². The maximum Gasteiger partial charge on any atom is 0.152 e. The Morgan fingerprint density at radius 1 is 1.62 bits per heavy atom. The van der Waals surface area contributed by atoms with Crippen molar-refractivity contribution in [3.05, 3.63) is 30.3 Å². The monoisotopic (exact) mass is 175 g/mol. The SMILES string of the molecule is CC(=O)Cc1coc2cnccc12. The van der Waals surface area contributed by atoms with E-state index in [4.69, 9.17) is 4.42 Å². The first-order chi connectivity index (χ1) is 6.27. The number of furan rings is 1. The zero-order valence-electron chi connectivity index (χ0n) is 7.28. The van der Waals surface area contributed by atoms with Crippen LogP contribution in [0.25, 0.3) is 11.0 Å². The lowest BCUT2D eigenvalue weighted by molar-refractivity contribution is -0.116. The van der Waals surface area contributed by atoms with Gasteiger partial charge >= 0.3 is 0 Å². The predicted octanol–water partition coefficient (Wildman–Crippen LogP) is 1.96. The highest BCUT2D eigenvalue weighted by molar-refractivity contribution is 5.86. The predicted molar refractivity (Wildman–Crippen MR) is 48.4 cm³/mol. The number of fused-ring (bicyclic) bond motifs is 1. The molecule has 2 aromatic rings. The molecule has 66 valence electrons. The van der Waals surface area contributed by atoms with E-state index in [0.29, 0.717) is 6.42 Å². The average Bonchev–Trinajstić information content (AvgIpc) is 2.48. The molecule has 0 N–H and O–H groups in total.